The maximum atomic E-state index is 13.7. The van der Waals surface area contributed by atoms with E-state index in [1.165, 1.54) is 6.07 Å². The van der Waals surface area contributed by atoms with Crippen LogP contribution in [0.3, 0.4) is 0 Å². The van der Waals surface area contributed by atoms with Crippen LogP contribution in [0.2, 0.25) is 0 Å². The molecule has 26 heavy (non-hydrogen) atoms. The highest BCUT2D eigenvalue weighted by atomic mass is 19.1. The molecule has 0 unspecified atom stereocenters. The van der Waals surface area contributed by atoms with E-state index in [0.29, 0.717) is 50.1 Å². The molecular formula is C20H27FN2O3. The van der Waals surface area contributed by atoms with E-state index < -0.39 is 0 Å². The first kappa shape index (κ1) is 18.8. The lowest BCUT2D eigenvalue weighted by atomic mass is 9.72. The van der Waals surface area contributed by atoms with Crippen molar-refractivity contribution in [3.8, 4) is 0 Å². The SMILES string of the molecule is Cc1ccc(C(=O)N2CCC3(CCC(=O)N(CCCO)C3)CC2)cc1F. The van der Waals surface area contributed by atoms with Gasteiger partial charge in [-0.05, 0) is 55.7 Å². The molecule has 0 saturated carbocycles. The average Bonchev–Trinajstić information content (AvgIpc) is 2.65. The lowest BCUT2D eigenvalue weighted by molar-refractivity contribution is -0.139. The van der Waals surface area contributed by atoms with Crippen LogP contribution in [-0.2, 0) is 4.79 Å². The highest BCUT2D eigenvalue weighted by molar-refractivity contribution is 5.94. The van der Waals surface area contributed by atoms with Crippen molar-refractivity contribution in [2.24, 2.45) is 5.41 Å². The van der Waals surface area contributed by atoms with E-state index in [1.54, 1.807) is 24.0 Å². The molecule has 1 aromatic rings. The molecule has 2 amide bonds. The summed E-state index contributed by atoms with van der Waals surface area (Å²) in [6.45, 7) is 4.36. The van der Waals surface area contributed by atoms with Crippen LogP contribution in [0.4, 0.5) is 4.39 Å². The number of aliphatic hydroxyl groups excluding tert-OH is 1. The molecule has 1 N–H and O–H groups in total. The molecule has 2 heterocycles. The molecule has 2 saturated heterocycles. The largest absolute Gasteiger partial charge is 0.396 e. The summed E-state index contributed by atoms with van der Waals surface area (Å²) in [4.78, 5) is 28.4. The Labute approximate surface area is 153 Å². The van der Waals surface area contributed by atoms with Gasteiger partial charge in [-0.25, -0.2) is 4.39 Å². The minimum atomic E-state index is -0.352. The molecule has 0 atom stereocenters. The Morgan fingerprint density at radius 1 is 1.27 bits per heavy atom. The topological polar surface area (TPSA) is 60.9 Å². The minimum absolute atomic E-state index is 0.0681. The number of benzene rings is 1. The third-order valence-electron chi connectivity index (χ3n) is 5.86. The Balaban J connectivity index is 1.62. The van der Waals surface area contributed by atoms with Gasteiger partial charge in [-0.15, -0.1) is 0 Å². The zero-order chi connectivity index (χ0) is 18.7. The van der Waals surface area contributed by atoms with Gasteiger partial charge in [0.05, 0.1) is 0 Å². The minimum Gasteiger partial charge on any atom is -0.396 e. The van der Waals surface area contributed by atoms with Crippen molar-refractivity contribution >= 4 is 11.8 Å². The van der Waals surface area contributed by atoms with E-state index in [4.69, 9.17) is 5.11 Å². The molecule has 0 aliphatic carbocycles. The summed E-state index contributed by atoms with van der Waals surface area (Å²) >= 11 is 0. The number of aryl methyl sites for hydroxylation is 1. The third-order valence-corrected chi connectivity index (χ3v) is 5.86. The van der Waals surface area contributed by atoms with Crippen LogP contribution in [0.1, 0.15) is 48.0 Å². The fourth-order valence-corrected chi connectivity index (χ4v) is 4.07. The summed E-state index contributed by atoms with van der Waals surface area (Å²) < 4.78 is 13.7. The van der Waals surface area contributed by atoms with Crippen LogP contribution in [0.15, 0.2) is 18.2 Å². The van der Waals surface area contributed by atoms with Crippen molar-refractivity contribution < 1.29 is 19.1 Å². The Morgan fingerprint density at radius 2 is 2.00 bits per heavy atom. The number of nitrogens with zero attached hydrogens (tertiary/aromatic N) is 2. The normalized spacial score (nSPS) is 19.9. The molecular weight excluding hydrogens is 335 g/mol. The number of amides is 2. The van der Waals surface area contributed by atoms with Crippen LogP contribution >= 0.6 is 0 Å². The van der Waals surface area contributed by atoms with Gasteiger partial charge < -0.3 is 14.9 Å². The van der Waals surface area contributed by atoms with E-state index in [9.17, 15) is 14.0 Å². The van der Waals surface area contributed by atoms with Gasteiger partial charge in [0.25, 0.3) is 5.91 Å². The lowest BCUT2D eigenvalue weighted by Crippen LogP contribution is -2.52. The highest BCUT2D eigenvalue weighted by Crippen LogP contribution is 2.40. The lowest BCUT2D eigenvalue weighted by Gasteiger charge is -2.47. The summed E-state index contributed by atoms with van der Waals surface area (Å²) in [5.41, 5.74) is 1.00. The van der Waals surface area contributed by atoms with Gasteiger partial charge >= 0.3 is 0 Å². The molecule has 6 heteroatoms. The smallest absolute Gasteiger partial charge is 0.253 e. The standard InChI is InChI=1S/C20H27FN2O3/c1-15-3-4-16(13-17(15)21)19(26)22-10-7-20(8-11-22)6-5-18(25)23(14-20)9-2-12-24/h3-4,13,24H,2,5-12,14H2,1H3. The van der Waals surface area contributed by atoms with E-state index in [0.717, 1.165) is 19.3 Å². The molecule has 2 aliphatic rings. The molecule has 5 nitrogen and oxygen atoms in total. The molecule has 1 aromatic carbocycles. The third kappa shape index (κ3) is 3.90. The highest BCUT2D eigenvalue weighted by Gasteiger charge is 2.41. The van der Waals surface area contributed by atoms with Gasteiger partial charge in [0, 0.05) is 44.8 Å². The second-order valence-electron chi connectivity index (χ2n) is 7.65. The van der Waals surface area contributed by atoms with Crippen LogP contribution in [0.25, 0.3) is 0 Å². The zero-order valence-corrected chi connectivity index (χ0v) is 15.3. The fourth-order valence-electron chi connectivity index (χ4n) is 4.07. The zero-order valence-electron chi connectivity index (χ0n) is 15.3. The Morgan fingerprint density at radius 3 is 2.65 bits per heavy atom. The summed E-state index contributed by atoms with van der Waals surface area (Å²) in [5, 5.41) is 9.02. The van der Waals surface area contributed by atoms with Crippen LogP contribution in [0, 0.1) is 18.2 Å². The van der Waals surface area contributed by atoms with Crippen LogP contribution in [0.5, 0.6) is 0 Å². The quantitative estimate of drug-likeness (QED) is 0.894. The number of carbonyl (C=O) groups is 2. The fraction of sp³-hybridized carbons (Fsp3) is 0.600. The van der Waals surface area contributed by atoms with E-state index in [1.807, 2.05) is 4.90 Å². The molecule has 1 spiro atoms. The van der Waals surface area contributed by atoms with Gasteiger partial charge in [-0.3, -0.25) is 9.59 Å². The first-order chi connectivity index (χ1) is 12.4. The van der Waals surface area contributed by atoms with Crippen molar-refractivity contribution in [1.29, 1.82) is 0 Å². The van der Waals surface area contributed by atoms with Gasteiger partial charge in [0.15, 0.2) is 0 Å². The van der Waals surface area contributed by atoms with E-state index in [-0.39, 0.29) is 29.7 Å². The maximum Gasteiger partial charge on any atom is 0.253 e. The number of rotatable bonds is 4. The van der Waals surface area contributed by atoms with Crippen molar-refractivity contribution in [2.75, 3.05) is 32.8 Å². The molecule has 0 bridgehead atoms. The summed E-state index contributed by atoms with van der Waals surface area (Å²) in [5.74, 6) is -0.310. The van der Waals surface area contributed by atoms with Crippen molar-refractivity contribution in [3.05, 3.63) is 35.1 Å². The predicted octanol–water partition coefficient (Wildman–Crippen LogP) is 2.36. The number of likely N-dealkylation sites (tertiary alicyclic amines) is 2. The van der Waals surface area contributed by atoms with Crippen molar-refractivity contribution in [1.82, 2.24) is 9.80 Å². The van der Waals surface area contributed by atoms with E-state index in [2.05, 4.69) is 0 Å². The van der Waals surface area contributed by atoms with E-state index >= 15 is 0 Å². The predicted molar refractivity (Wildman–Crippen MR) is 96.2 cm³/mol. The Bertz CT molecular complexity index is 684. The second-order valence-corrected chi connectivity index (χ2v) is 7.65. The Hall–Kier alpha value is -1.95. The maximum absolute atomic E-state index is 13.7. The number of hydrogen-bond acceptors (Lipinski definition) is 3. The molecule has 2 fully saturated rings. The number of aliphatic hydroxyl groups is 1. The summed E-state index contributed by atoms with van der Waals surface area (Å²) in [6, 6.07) is 4.64. The van der Waals surface area contributed by atoms with Crippen molar-refractivity contribution in [3.63, 3.8) is 0 Å². The summed E-state index contributed by atoms with van der Waals surface area (Å²) in [6.07, 6.45) is 3.72. The number of hydrogen-bond donors (Lipinski definition) is 1. The second kappa shape index (κ2) is 7.74. The summed E-state index contributed by atoms with van der Waals surface area (Å²) in [7, 11) is 0. The number of halogens is 1. The van der Waals surface area contributed by atoms with Crippen LogP contribution in [-0.4, -0.2) is 59.5 Å². The van der Waals surface area contributed by atoms with Gasteiger partial charge in [-0.1, -0.05) is 6.07 Å². The van der Waals surface area contributed by atoms with Crippen molar-refractivity contribution in [2.45, 2.75) is 39.0 Å². The molecule has 0 radical (unpaired) electrons. The molecule has 3 rings (SSSR count). The number of carbonyl (C=O) groups excluding carboxylic acids is 2. The van der Waals surface area contributed by atoms with Gasteiger partial charge in [-0.2, -0.15) is 0 Å². The molecule has 2 aliphatic heterocycles. The first-order valence-electron chi connectivity index (χ1n) is 9.38. The average molecular weight is 362 g/mol. The van der Waals surface area contributed by atoms with Gasteiger partial charge in [0.2, 0.25) is 5.91 Å². The Kier molecular flexibility index (Phi) is 5.61. The van der Waals surface area contributed by atoms with Crippen LogP contribution < -0.4 is 0 Å². The monoisotopic (exact) mass is 362 g/mol. The number of piperidine rings is 2. The molecule has 0 aromatic heterocycles. The first-order valence-corrected chi connectivity index (χ1v) is 9.38. The van der Waals surface area contributed by atoms with Gasteiger partial charge in [0.1, 0.15) is 5.82 Å². The molecule has 142 valence electrons.